The van der Waals surface area contributed by atoms with Gasteiger partial charge in [0, 0.05) is 41.3 Å². The Morgan fingerprint density at radius 1 is 0.895 bits per heavy atom. The first kappa shape index (κ1) is 25.2. The van der Waals surface area contributed by atoms with Crippen molar-refractivity contribution >= 4 is 40.8 Å². The van der Waals surface area contributed by atoms with Crippen molar-refractivity contribution in [3.05, 3.63) is 99.3 Å². The lowest BCUT2D eigenvalue weighted by Gasteiger charge is -2.52. The highest BCUT2D eigenvalue weighted by molar-refractivity contribution is 6.31. The maximum atomic E-state index is 14.8. The monoisotopic (exact) mass is 551 g/mol. The first-order valence-electron chi connectivity index (χ1n) is 13.1. The van der Waals surface area contributed by atoms with Crippen molar-refractivity contribution < 1.29 is 14.0 Å². The summed E-state index contributed by atoms with van der Waals surface area (Å²) in [6.07, 6.45) is 3.53. The van der Waals surface area contributed by atoms with Crippen LogP contribution in [0.15, 0.2) is 66.7 Å². The van der Waals surface area contributed by atoms with Crippen molar-refractivity contribution in [2.45, 2.75) is 43.1 Å². The van der Waals surface area contributed by atoms with Crippen LogP contribution in [0, 0.1) is 5.82 Å². The van der Waals surface area contributed by atoms with E-state index in [1.165, 1.54) is 12.1 Å². The molecule has 0 aliphatic carbocycles. The van der Waals surface area contributed by atoms with E-state index in [1.807, 2.05) is 35.2 Å². The summed E-state index contributed by atoms with van der Waals surface area (Å²) in [5, 5.41) is 4.14. The highest BCUT2D eigenvalue weighted by atomic mass is 35.5. The Morgan fingerprint density at radius 2 is 1.63 bits per heavy atom. The molecule has 0 radical (unpaired) electrons. The lowest BCUT2D eigenvalue weighted by Crippen LogP contribution is -2.60. The number of carbonyl (C=O) groups excluding carboxylic acids is 2. The Labute approximate surface area is 231 Å². The third kappa shape index (κ3) is 4.05. The fraction of sp³-hybridized carbons (Fsp3) is 0.333. The number of halogens is 3. The number of nitrogens with one attached hydrogen (secondary N) is 1. The number of anilines is 1. The van der Waals surface area contributed by atoms with Crippen LogP contribution in [0.5, 0.6) is 0 Å². The predicted molar refractivity (Wildman–Crippen MR) is 147 cm³/mol. The Kier molecular flexibility index (Phi) is 6.57. The van der Waals surface area contributed by atoms with Gasteiger partial charge in [0.25, 0.3) is 0 Å². The zero-order chi connectivity index (χ0) is 26.4. The average Bonchev–Trinajstić information content (AvgIpc) is 3.19. The van der Waals surface area contributed by atoms with Crippen LogP contribution < -0.4 is 5.32 Å². The highest BCUT2D eigenvalue weighted by Gasteiger charge is 2.62. The van der Waals surface area contributed by atoms with Gasteiger partial charge in [-0.1, -0.05) is 53.5 Å². The number of amides is 3. The number of hydrogen-bond acceptors (Lipinski definition) is 2. The summed E-state index contributed by atoms with van der Waals surface area (Å²) in [4.78, 5) is 32.2. The van der Waals surface area contributed by atoms with Gasteiger partial charge in [-0.15, -0.1) is 0 Å². The second-order valence-corrected chi connectivity index (χ2v) is 11.3. The Bertz CT molecular complexity index is 1410. The molecule has 5 nitrogen and oxygen atoms in total. The third-order valence-corrected chi connectivity index (χ3v) is 8.76. The number of benzene rings is 3. The van der Waals surface area contributed by atoms with E-state index < -0.39 is 17.3 Å². The van der Waals surface area contributed by atoms with Gasteiger partial charge in [0.1, 0.15) is 11.2 Å². The van der Waals surface area contributed by atoms with Crippen molar-refractivity contribution in [1.29, 1.82) is 0 Å². The number of rotatable bonds is 2. The molecule has 3 aliphatic rings. The molecule has 3 heterocycles. The summed E-state index contributed by atoms with van der Waals surface area (Å²) < 4.78 is 14.8. The molecule has 0 bridgehead atoms. The molecule has 6 rings (SSSR count). The maximum absolute atomic E-state index is 14.8. The van der Waals surface area contributed by atoms with E-state index in [4.69, 9.17) is 23.2 Å². The predicted octanol–water partition coefficient (Wildman–Crippen LogP) is 7.16. The minimum atomic E-state index is -1.22. The number of hydrogen-bond donors (Lipinski definition) is 1. The second kappa shape index (κ2) is 9.90. The van der Waals surface area contributed by atoms with Gasteiger partial charge >= 0.3 is 6.03 Å². The molecule has 8 heteroatoms. The van der Waals surface area contributed by atoms with E-state index in [2.05, 4.69) is 5.32 Å². The summed E-state index contributed by atoms with van der Waals surface area (Å²) in [6.45, 7) is 1.77. The average molecular weight is 552 g/mol. The molecule has 0 unspecified atom stereocenters. The normalized spacial score (nSPS) is 24.9. The molecule has 3 amide bonds. The van der Waals surface area contributed by atoms with Gasteiger partial charge in [-0.2, -0.15) is 0 Å². The minimum absolute atomic E-state index is 0.113. The van der Waals surface area contributed by atoms with Crippen molar-refractivity contribution in [2.75, 3.05) is 25.0 Å². The quantitative estimate of drug-likeness (QED) is 0.367. The van der Waals surface area contributed by atoms with Crippen LogP contribution in [0.1, 0.15) is 54.3 Å². The topological polar surface area (TPSA) is 52.7 Å². The van der Waals surface area contributed by atoms with Crippen LogP contribution in [-0.4, -0.2) is 41.4 Å². The minimum Gasteiger partial charge on any atom is -0.325 e. The molecular formula is C30H28Cl2FN3O2. The molecule has 3 aromatic carbocycles. The summed E-state index contributed by atoms with van der Waals surface area (Å²) >= 11 is 12.8. The smallest absolute Gasteiger partial charge is 0.320 e. The first-order valence-corrected chi connectivity index (χ1v) is 13.8. The van der Waals surface area contributed by atoms with Crippen molar-refractivity contribution in [1.82, 2.24) is 9.80 Å². The SMILES string of the molecule is O=C(N1CCCCC1)N1CC[C@@H](c2cccc(Cl)c2)[C@]2(C(=O)Nc3cc(Cl)ccc32)[C@H]1c1cccc(F)c1. The maximum Gasteiger partial charge on any atom is 0.320 e. The fourth-order valence-corrected chi connectivity index (χ4v) is 7.12. The largest absolute Gasteiger partial charge is 0.325 e. The standard InChI is InChI=1S/C30H28Cl2FN3O2/c31-21-8-4-6-19(16-21)24-12-15-36(29(38)35-13-2-1-3-14-35)27(20-7-5-9-23(33)17-20)30(24)25-11-10-22(32)18-26(25)34-28(30)37/h4-11,16-18,24,27H,1-3,12-15H2,(H,34,37)/t24-,27+,30+/m0/s1. The lowest BCUT2D eigenvalue weighted by atomic mass is 9.59. The molecule has 0 aromatic heterocycles. The van der Waals surface area contributed by atoms with E-state index in [-0.39, 0.29) is 17.9 Å². The van der Waals surface area contributed by atoms with Gasteiger partial charge in [0.2, 0.25) is 5.91 Å². The number of fused-ring (bicyclic) bond motifs is 2. The summed E-state index contributed by atoms with van der Waals surface area (Å²) in [6, 6.07) is 18.4. The molecule has 3 aromatic rings. The number of likely N-dealkylation sites (tertiary alicyclic amines) is 2. The number of urea groups is 1. The highest BCUT2D eigenvalue weighted by Crippen LogP contribution is 2.60. The molecule has 0 saturated carbocycles. The van der Waals surface area contributed by atoms with Crippen molar-refractivity contribution in [3.8, 4) is 0 Å². The number of piperidine rings is 2. The van der Waals surface area contributed by atoms with Crippen LogP contribution in [0.25, 0.3) is 0 Å². The molecule has 38 heavy (non-hydrogen) atoms. The molecule has 2 saturated heterocycles. The molecular weight excluding hydrogens is 524 g/mol. The van der Waals surface area contributed by atoms with Crippen LogP contribution in [-0.2, 0) is 10.2 Å². The third-order valence-electron chi connectivity index (χ3n) is 8.29. The van der Waals surface area contributed by atoms with Crippen molar-refractivity contribution in [3.63, 3.8) is 0 Å². The molecule has 2 fully saturated rings. The van der Waals surface area contributed by atoms with E-state index >= 15 is 0 Å². The fourth-order valence-electron chi connectivity index (χ4n) is 6.75. The van der Waals surface area contributed by atoms with Gasteiger partial charge in [0.05, 0.1) is 6.04 Å². The summed E-state index contributed by atoms with van der Waals surface area (Å²) in [7, 11) is 0. The van der Waals surface area contributed by atoms with Gasteiger partial charge in [-0.3, -0.25) is 4.79 Å². The Hall–Kier alpha value is -3.09. The number of carbonyl (C=O) groups is 2. The van der Waals surface area contributed by atoms with Gasteiger partial charge in [-0.25, -0.2) is 9.18 Å². The zero-order valence-electron chi connectivity index (χ0n) is 20.8. The Balaban J connectivity index is 1.61. The van der Waals surface area contributed by atoms with Crippen molar-refractivity contribution in [2.24, 2.45) is 0 Å². The van der Waals surface area contributed by atoms with Crippen LogP contribution in [0.2, 0.25) is 10.0 Å². The zero-order valence-corrected chi connectivity index (χ0v) is 22.3. The van der Waals surface area contributed by atoms with Crippen LogP contribution >= 0.6 is 23.2 Å². The lowest BCUT2D eigenvalue weighted by molar-refractivity contribution is -0.126. The van der Waals surface area contributed by atoms with Gasteiger partial charge in [-0.05, 0) is 78.8 Å². The van der Waals surface area contributed by atoms with Gasteiger partial charge in [0.15, 0.2) is 0 Å². The van der Waals surface area contributed by atoms with E-state index in [9.17, 15) is 14.0 Å². The van der Waals surface area contributed by atoms with E-state index in [0.717, 1.165) is 30.4 Å². The molecule has 3 aliphatic heterocycles. The van der Waals surface area contributed by atoms with E-state index in [0.29, 0.717) is 47.4 Å². The number of nitrogens with zero attached hydrogens (tertiary/aromatic N) is 2. The molecule has 3 atom stereocenters. The summed E-state index contributed by atoms with van der Waals surface area (Å²) in [5.74, 6) is -0.963. The molecule has 1 spiro atoms. The second-order valence-electron chi connectivity index (χ2n) is 10.4. The van der Waals surface area contributed by atoms with Crippen LogP contribution in [0.3, 0.4) is 0 Å². The van der Waals surface area contributed by atoms with Gasteiger partial charge < -0.3 is 15.1 Å². The van der Waals surface area contributed by atoms with E-state index in [1.54, 1.807) is 29.2 Å². The molecule has 196 valence electrons. The Morgan fingerprint density at radius 3 is 2.39 bits per heavy atom. The van der Waals surface area contributed by atoms with Crippen LogP contribution in [0.4, 0.5) is 14.9 Å². The molecule has 1 N–H and O–H groups in total. The summed E-state index contributed by atoms with van der Waals surface area (Å²) in [5.41, 5.74) is 1.63. The first-order chi connectivity index (χ1) is 18.4.